The summed E-state index contributed by atoms with van der Waals surface area (Å²) in [5.74, 6) is 1.64. The molecule has 2 fully saturated rings. The van der Waals surface area contributed by atoms with E-state index in [2.05, 4.69) is 32.4 Å². The second-order valence-electron chi connectivity index (χ2n) is 8.34. The molecule has 0 saturated carbocycles. The van der Waals surface area contributed by atoms with Crippen molar-refractivity contribution in [3.8, 4) is 6.07 Å². The number of aryl methyl sites for hydroxylation is 1. The largest absolute Gasteiger partial charge is 0.358 e. The Bertz CT molecular complexity index is 1250. The lowest BCUT2D eigenvalue weighted by molar-refractivity contribution is 0.182. The van der Waals surface area contributed by atoms with E-state index in [4.69, 9.17) is 4.98 Å². The molecule has 3 aromatic rings. The van der Waals surface area contributed by atoms with Crippen LogP contribution in [0.4, 0.5) is 5.82 Å². The monoisotopic (exact) mass is 423 g/mol. The summed E-state index contributed by atoms with van der Waals surface area (Å²) in [6.07, 6.45) is 2.01. The quantitative estimate of drug-likeness (QED) is 0.629. The zero-order valence-electron chi connectivity index (χ0n) is 17.1. The Morgan fingerprint density at radius 2 is 1.80 bits per heavy atom. The SMILES string of the molecule is Cc1cc(N2CCC(N3CCS(=O)(=O)CC3)CC2)n2c(nc3ccccc32)c1C#N. The molecule has 0 amide bonds. The van der Waals surface area contributed by atoms with E-state index in [9.17, 15) is 13.7 Å². The van der Waals surface area contributed by atoms with Gasteiger partial charge in [-0.25, -0.2) is 13.4 Å². The predicted octanol–water partition coefficient (Wildman–Crippen LogP) is 2.37. The molecule has 30 heavy (non-hydrogen) atoms. The van der Waals surface area contributed by atoms with Crippen molar-refractivity contribution in [2.75, 3.05) is 42.6 Å². The van der Waals surface area contributed by atoms with Crippen LogP contribution in [0.25, 0.3) is 16.7 Å². The molecule has 2 aliphatic rings. The smallest absolute Gasteiger partial charge is 0.157 e. The van der Waals surface area contributed by atoms with E-state index in [1.165, 1.54) is 0 Å². The average Bonchev–Trinajstić information content (AvgIpc) is 3.13. The van der Waals surface area contributed by atoms with Gasteiger partial charge in [0.15, 0.2) is 15.5 Å². The molecule has 5 rings (SSSR count). The maximum atomic E-state index is 11.7. The normalized spacial score (nSPS) is 20.6. The summed E-state index contributed by atoms with van der Waals surface area (Å²) in [6, 6.07) is 12.9. The number of hydrogen-bond acceptors (Lipinski definition) is 6. The summed E-state index contributed by atoms with van der Waals surface area (Å²) < 4.78 is 25.6. The molecule has 1 aromatic carbocycles. The van der Waals surface area contributed by atoms with Gasteiger partial charge in [0, 0.05) is 32.2 Å². The van der Waals surface area contributed by atoms with E-state index in [-0.39, 0.29) is 11.5 Å². The fraction of sp³-hybridized carbons (Fsp3) is 0.455. The lowest BCUT2D eigenvalue weighted by Gasteiger charge is -2.41. The Hall–Kier alpha value is -2.63. The fourth-order valence-electron chi connectivity index (χ4n) is 4.86. The number of fused-ring (bicyclic) bond motifs is 3. The Kier molecular flexibility index (Phi) is 4.68. The molecule has 0 aliphatic carbocycles. The van der Waals surface area contributed by atoms with Crippen molar-refractivity contribution in [1.82, 2.24) is 14.3 Å². The standard InChI is InChI=1S/C22H25N5O2S/c1-16-14-21(27-20-5-3-2-4-19(20)24-22(27)18(16)15-23)26-8-6-17(7-9-26)25-10-12-30(28,29)13-11-25/h2-5,14,17H,6-13H2,1H3. The number of piperidine rings is 1. The van der Waals surface area contributed by atoms with Crippen LogP contribution in [0.15, 0.2) is 30.3 Å². The van der Waals surface area contributed by atoms with Crippen LogP contribution in [0.5, 0.6) is 0 Å². The molecule has 7 nitrogen and oxygen atoms in total. The minimum absolute atomic E-state index is 0.281. The van der Waals surface area contributed by atoms with E-state index < -0.39 is 9.84 Å². The molecular formula is C22H25N5O2S. The number of imidazole rings is 1. The van der Waals surface area contributed by atoms with Crippen LogP contribution in [0.1, 0.15) is 24.0 Å². The van der Waals surface area contributed by atoms with Gasteiger partial charge >= 0.3 is 0 Å². The number of benzene rings is 1. The summed E-state index contributed by atoms with van der Waals surface area (Å²) in [5, 5.41) is 9.69. The number of sulfone groups is 1. The molecule has 0 radical (unpaired) electrons. The van der Waals surface area contributed by atoms with Crippen molar-refractivity contribution in [3.63, 3.8) is 0 Å². The Morgan fingerprint density at radius 1 is 1.10 bits per heavy atom. The van der Waals surface area contributed by atoms with Crippen LogP contribution < -0.4 is 4.90 Å². The molecule has 8 heteroatoms. The highest BCUT2D eigenvalue weighted by atomic mass is 32.2. The highest BCUT2D eigenvalue weighted by Gasteiger charge is 2.30. The van der Waals surface area contributed by atoms with E-state index in [1.807, 2.05) is 25.1 Å². The third kappa shape index (κ3) is 3.22. The number of para-hydroxylation sites is 2. The van der Waals surface area contributed by atoms with Gasteiger partial charge < -0.3 is 4.90 Å². The topological polar surface area (TPSA) is 81.7 Å². The van der Waals surface area contributed by atoms with Crippen molar-refractivity contribution < 1.29 is 8.42 Å². The first-order valence-electron chi connectivity index (χ1n) is 10.5. The van der Waals surface area contributed by atoms with Crippen molar-refractivity contribution >= 4 is 32.3 Å². The van der Waals surface area contributed by atoms with Crippen molar-refractivity contribution in [2.24, 2.45) is 0 Å². The van der Waals surface area contributed by atoms with Crippen LogP contribution in [0.2, 0.25) is 0 Å². The number of hydrogen-bond donors (Lipinski definition) is 0. The molecule has 0 bridgehead atoms. The summed E-state index contributed by atoms with van der Waals surface area (Å²) >= 11 is 0. The second-order valence-corrected chi connectivity index (χ2v) is 10.6. The van der Waals surface area contributed by atoms with Gasteiger partial charge in [0.1, 0.15) is 11.9 Å². The molecule has 4 heterocycles. The van der Waals surface area contributed by atoms with Gasteiger partial charge in [0.05, 0.1) is 28.1 Å². The first kappa shape index (κ1) is 19.3. The van der Waals surface area contributed by atoms with Crippen LogP contribution in [-0.2, 0) is 9.84 Å². The van der Waals surface area contributed by atoms with Crippen LogP contribution in [0, 0.1) is 18.3 Å². The first-order valence-corrected chi connectivity index (χ1v) is 12.3. The van der Waals surface area contributed by atoms with E-state index >= 15 is 0 Å². The van der Waals surface area contributed by atoms with Crippen LogP contribution in [0.3, 0.4) is 0 Å². The van der Waals surface area contributed by atoms with Gasteiger partial charge in [-0.2, -0.15) is 5.26 Å². The van der Waals surface area contributed by atoms with Gasteiger partial charge in [-0.3, -0.25) is 9.30 Å². The minimum atomic E-state index is -2.85. The zero-order valence-corrected chi connectivity index (χ0v) is 17.9. The summed E-state index contributed by atoms with van der Waals surface area (Å²) in [7, 11) is -2.85. The number of pyridine rings is 1. The Morgan fingerprint density at radius 3 is 2.50 bits per heavy atom. The molecule has 2 saturated heterocycles. The van der Waals surface area contributed by atoms with Crippen LogP contribution >= 0.6 is 0 Å². The maximum Gasteiger partial charge on any atom is 0.157 e. The van der Waals surface area contributed by atoms with Gasteiger partial charge in [-0.15, -0.1) is 0 Å². The number of aromatic nitrogens is 2. The first-order chi connectivity index (χ1) is 14.5. The average molecular weight is 424 g/mol. The maximum absolute atomic E-state index is 11.7. The molecule has 0 atom stereocenters. The Labute approximate surface area is 176 Å². The molecule has 2 aromatic heterocycles. The molecule has 0 spiro atoms. The molecule has 156 valence electrons. The highest BCUT2D eigenvalue weighted by molar-refractivity contribution is 7.91. The third-order valence-corrected chi connectivity index (χ3v) is 8.16. The van der Waals surface area contributed by atoms with Crippen molar-refractivity contribution in [2.45, 2.75) is 25.8 Å². The lowest BCUT2D eigenvalue weighted by atomic mass is 10.0. The highest BCUT2D eigenvalue weighted by Crippen LogP contribution is 2.31. The van der Waals surface area contributed by atoms with Crippen molar-refractivity contribution in [3.05, 3.63) is 41.5 Å². The fourth-order valence-corrected chi connectivity index (χ4v) is 6.08. The van der Waals surface area contributed by atoms with Gasteiger partial charge in [-0.05, 0) is 43.5 Å². The summed E-state index contributed by atoms with van der Waals surface area (Å²) in [5.41, 5.74) is 4.20. The number of nitriles is 1. The third-order valence-electron chi connectivity index (χ3n) is 6.55. The molecule has 0 N–H and O–H groups in total. The lowest BCUT2D eigenvalue weighted by Crippen LogP contribution is -2.50. The van der Waals surface area contributed by atoms with Crippen molar-refractivity contribution in [1.29, 1.82) is 5.26 Å². The van der Waals surface area contributed by atoms with Gasteiger partial charge in [0.2, 0.25) is 0 Å². The summed E-state index contributed by atoms with van der Waals surface area (Å²) in [6.45, 7) is 5.09. The molecule has 2 aliphatic heterocycles. The Balaban J connectivity index is 1.46. The molecule has 0 unspecified atom stereocenters. The molecular weight excluding hydrogens is 398 g/mol. The second kappa shape index (κ2) is 7.25. The minimum Gasteiger partial charge on any atom is -0.358 e. The van der Waals surface area contributed by atoms with Gasteiger partial charge in [0.25, 0.3) is 0 Å². The number of nitrogens with zero attached hydrogens (tertiary/aromatic N) is 5. The zero-order chi connectivity index (χ0) is 20.9. The number of rotatable bonds is 2. The summed E-state index contributed by atoms with van der Waals surface area (Å²) in [4.78, 5) is 9.49. The van der Waals surface area contributed by atoms with E-state index in [0.717, 1.165) is 54.0 Å². The van der Waals surface area contributed by atoms with E-state index in [1.54, 1.807) is 0 Å². The van der Waals surface area contributed by atoms with E-state index in [0.29, 0.717) is 24.7 Å². The number of anilines is 1. The van der Waals surface area contributed by atoms with Crippen LogP contribution in [-0.4, -0.2) is 66.4 Å². The van der Waals surface area contributed by atoms with Gasteiger partial charge in [-0.1, -0.05) is 12.1 Å². The predicted molar refractivity (Wildman–Crippen MR) is 118 cm³/mol.